The second-order valence-electron chi connectivity index (χ2n) is 3.90. The molecule has 0 aliphatic rings. The lowest BCUT2D eigenvalue weighted by atomic mass is 10.2. The Balaban J connectivity index is 1.91. The van der Waals surface area contributed by atoms with Gasteiger partial charge < -0.3 is 15.6 Å². The number of phenolic OH excluding ortho intramolecular Hbond substituents is 1. The summed E-state index contributed by atoms with van der Waals surface area (Å²) in [4.78, 5) is 12.6. The van der Waals surface area contributed by atoms with Crippen molar-refractivity contribution in [3.8, 4) is 11.5 Å². The quantitative estimate of drug-likeness (QED) is 0.480. The molecule has 0 spiro atoms. The van der Waals surface area contributed by atoms with Crippen molar-refractivity contribution in [3.63, 3.8) is 0 Å². The van der Waals surface area contributed by atoms with Crippen molar-refractivity contribution in [3.05, 3.63) is 23.8 Å². The van der Waals surface area contributed by atoms with Crippen LogP contribution in [0.1, 0.15) is 5.56 Å². The molecule has 1 amide bonds. The first kappa shape index (κ1) is 14.2. The molecule has 2 aromatic rings. The zero-order valence-electron chi connectivity index (χ0n) is 11.1. The molecule has 4 N–H and O–H groups in total. The number of carbonyl (C=O) groups is 1. The van der Waals surface area contributed by atoms with Crippen molar-refractivity contribution in [2.75, 3.05) is 12.8 Å². The van der Waals surface area contributed by atoms with E-state index in [-0.39, 0.29) is 18.2 Å². The van der Waals surface area contributed by atoms with Crippen molar-refractivity contribution in [1.82, 2.24) is 25.6 Å². The summed E-state index contributed by atoms with van der Waals surface area (Å²) in [7, 11) is 1.44. The van der Waals surface area contributed by atoms with Gasteiger partial charge in [0.25, 0.3) is 11.9 Å². The Morgan fingerprint density at radius 3 is 3.10 bits per heavy atom. The second-order valence-corrected chi connectivity index (χ2v) is 3.90. The Morgan fingerprint density at radius 2 is 2.43 bits per heavy atom. The fraction of sp³-hybridized carbons (Fsp3) is 0.182. The van der Waals surface area contributed by atoms with Crippen LogP contribution < -0.4 is 15.9 Å². The minimum Gasteiger partial charge on any atom is -0.504 e. The number of anilines is 1. The molecule has 10 heteroatoms. The first-order valence-corrected chi connectivity index (χ1v) is 5.80. The molecule has 1 heterocycles. The predicted molar refractivity (Wildman–Crippen MR) is 72.6 cm³/mol. The van der Waals surface area contributed by atoms with Crippen LogP contribution in [0.5, 0.6) is 11.5 Å². The van der Waals surface area contributed by atoms with E-state index in [0.29, 0.717) is 11.3 Å². The van der Waals surface area contributed by atoms with E-state index in [2.05, 4.69) is 25.9 Å². The summed E-state index contributed by atoms with van der Waals surface area (Å²) < 4.78 is 4.96. The number of nitrogens with two attached hydrogens (primary N) is 1. The molecule has 0 aliphatic carbocycles. The Bertz CT molecular complexity index is 668. The summed E-state index contributed by atoms with van der Waals surface area (Å²) in [5.41, 5.74) is 8.22. The molecule has 1 aromatic carbocycles. The molecule has 110 valence electrons. The van der Waals surface area contributed by atoms with E-state index in [1.165, 1.54) is 19.4 Å². The number of carbonyl (C=O) groups excluding carboxylic acids is 1. The van der Waals surface area contributed by atoms with Gasteiger partial charge in [0.1, 0.15) is 6.54 Å². The number of hydrazone groups is 1. The van der Waals surface area contributed by atoms with Crippen LogP contribution in [0.2, 0.25) is 0 Å². The van der Waals surface area contributed by atoms with Gasteiger partial charge in [0.05, 0.1) is 13.3 Å². The number of nitrogens with one attached hydrogen (secondary N) is 1. The van der Waals surface area contributed by atoms with Gasteiger partial charge in [-0.15, -0.1) is 5.10 Å². The number of phenols is 1. The van der Waals surface area contributed by atoms with Gasteiger partial charge in [-0.3, -0.25) is 4.79 Å². The van der Waals surface area contributed by atoms with Gasteiger partial charge in [-0.1, -0.05) is 5.10 Å². The van der Waals surface area contributed by atoms with Gasteiger partial charge in [0.15, 0.2) is 11.5 Å². The molecule has 10 nitrogen and oxygen atoms in total. The average molecular weight is 291 g/mol. The van der Waals surface area contributed by atoms with E-state index in [0.717, 1.165) is 4.80 Å². The average Bonchev–Trinajstić information content (AvgIpc) is 2.86. The van der Waals surface area contributed by atoms with Gasteiger partial charge in [-0.2, -0.15) is 9.90 Å². The van der Waals surface area contributed by atoms with E-state index in [1.807, 2.05) is 0 Å². The Morgan fingerprint density at radius 1 is 1.62 bits per heavy atom. The molecule has 0 atom stereocenters. The number of rotatable bonds is 5. The topological polar surface area (TPSA) is 141 Å². The normalized spacial score (nSPS) is 10.7. The van der Waals surface area contributed by atoms with Gasteiger partial charge >= 0.3 is 0 Å². The summed E-state index contributed by atoms with van der Waals surface area (Å²) in [6, 6.07) is 4.65. The molecule has 0 saturated carbocycles. The first-order valence-electron chi connectivity index (χ1n) is 5.80. The molecule has 21 heavy (non-hydrogen) atoms. The second kappa shape index (κ2) is 6.32. The lowest BCUT2D eigenvalue weighted by Gasteiger charge is -2.03. The van der Waals surface area contributed by atoms with E-state index in [1.54, 1.807) is 12.1 Å². The fourth-order valence-corrected chi connectivity index (χ4v) is 1.44. The lowest BCUT2D eigenvalue weighted by molar-refractivity contribution is -0.122. The number of hydrogen-bond donors (Lipinski definition) is 3. The Hall–Kier alpha value is -3.17. The molecule has 2 rings (SSSR count). The number of nitrogens with zero attached hydrogens (tertiary/aromatic N) is 5. The molecular weight excluding hydrogens is 278 g/mol. The van der Waals surface area contributed by atoms with E-state index in [9.17, 15) is 9.90 Å². The maximum atomic E-state index is 11.5. The van der Waals surface area contributed by atoms with Crippen molar-refractivity contribution < 1.29 is 14.6 Å². The molecule has 0 aliphatic heterocycles. The number of ether oxygens (including phenoxy) is 1. The van der Waals surface area contributed by atoms with Crippen molar-refractivity contribution in [2.45, 2.75) is 6.54 Å². The van der Waals surface area contributed by atoms with Gasteiger partial charge in [0.2, 0.25) is 0 Å². The van der Waals surface area contributed by atoms with Crippen LogP contribution in [-0.2, 0) is 11.3 Å². The summed E-state index contributed by atoms with van der Waals surface area (Å²) in [5.74, 6) is -0.113. The standard InChI is InChI=1S/C11H13N7O3/c1-21-9-4-7(2-3-8(9)19)5-13-14-10(20)6-18-16-11(12)15-17-18/h2-5,19H,6H2,1H3,(H2,12,16)(H,14,20)/b13-5+. The van der Waals surface area contributed by atoms with Crippen LogP contribution in [0, 0.1) is 0 Å². The summed E-state index contributed by atoms with van der Waals surface area (Å²) in [6.07, 6.45) is 1.41. The molecule has 0 unspecified atom stereocenters. The van der Waals surface area contributed by atoms with Crippen molar-refractivity contribution in [1.29, 1.82) is 0 Å². The number of aromatic nitrogens is 4. The number of methoxy groups -OCH3 is 1. The minimum absolute atomic E-state index is 0.0116. The van der Waals surface area contributed by atoms with Crippen LogP contribution in [0.4, 0.5) is 5.95 Å². The molecular formula is C11H13N7O3. The SMILES string of the molecule is COc1cc(/C=N/NC(=O)Cn2nnc(N)n2)ccc1O. The van der Waals surface area contributed by atoms with E-state index >= 15 is 0 Å². The van der Waals surface area contributed by atoms with Gasteiger partial charge in [-0.05, 0) is 29.0 Å². The molecule has 0 fully saturated rings. The van der Waals surface area contributed by atoms with Crippen LogP contribution in [-0.4, -0.2) is 44.5 Å². The maximum Gasteiger partial charge on any atom is 0.263 e. The summed E-state index contributed by atoms with van der Waals surface area (Å²) >= 11 is 0. The molecule has 1 aromatic heterocycles. The number of benzene rings is 1. The monoisotopic (exact) mass is 291 g/mol. The van der Waals surface area contributed by atoms with Crippen LogP contribution in [0.25, 0.3) is 0 Å². The minimum atomic E-state index is -0.436. The largest absolute Gasteiger partial charge is 0.504 e. The summed E-state index contributed by atoms with van der Waals surface area (Å²) in [5, 5.41) is 23.9. The van der Waals surface area contributed by atoms with Gasteiger partial charge in [-0.25, -0.2) is 5.43 Å². The van der Waals surface area contributed by atoms with E-state index in [4.69, 9.17) is 10.5 Å². The van der Waals surface area contributed by atoms with E-state index < -0.39 is 5.91 Å². The third-order valence-corrected chi connectivity index (χ3v) is 2.36. The van der Waals surface area contributed by atoms with Crippen LogP contribution >= 0.6 is 0 Å². The Kier molecular flexibility index (Phi) is 4.29. The highest BCUT2D eigenvalue weighted by Gasteiger charge is 2.05. The molecule has 0 radical (unpaired) electrons. The molecule has 0 bridgehead atoms. The van der Waals surface area contributed by atoms with Gasteiger partial charge in [0, 0.05) is 0 Å². The predicted octanol–water partition coefficient (Wildman–Crippen LogP) is -0.880. The summed E-state index contributed by atoms with van der Waals surface area (Å²) in [6.45, 7) is -0.152. The van der Waals surface area contributed by atoms with Crippen LogP contribution in [0.15, 0.2) is 23.3 Å². The zero-order chi connectivity index (χ0) is 15.2. The number of amides is 1. The highest BCUT2D eigenvalue weighted by Crippen LogP contribution is 2.25. The third kappa shape index (κ3) is 3.89. The number of aromatic hydroxyl groups is 1. The number of tetrazole rings is 1. The Labute approximate surface area is 119 Å². The molecule has 0 saturated heterocycles. The lowest BCUT2D eigenvalue weighted by Crippen LogP contribution is -2.24. The number of nitrogen functional groups attached to an aromatic ring is 1. The maximum absolute atomic E-state index is 11.5. The van der Waals surface area contributed by atoms with Crippen LogP contribution in [0.3, 0.4) is 0 Å². The zero-order valence-corrected chi connectivity index (χ0v) is 11.1. The smallest absolute Gasteiger partial charge is 0.263 e. The van der Waals surface area contributed by atoms with Crippen molar-refractivity contribution in [2.24, 2.45) is 5.10 Å². The highest BCUT2D eigenvalue weighted by molar-refractivity contribution is 5.83. The third-order valence-electron chi connectivity index (χ3n) is 2.36. The first-order chi connectivity index (χ1) is 10.1. The van der Waals surface area contributed by atoms with Crippen molar-refractivity contribution >= 4 is 18.1 Å². The highest BCUT2D eigenvalue weighted by atomic mass is 16.5. The number of hydrogen-bond acceptors (Lipinski definition) is 8. The fourth-order valence-electron chi connectivity index (χ4n) is 1.44.